The van der Waals surface area contributed by atoms with Crippen LogP contribution in [-0.2, 0) is 9.78 Å². The zero-order valence-electron chi connectivity index (χ0n) is 4.28. The van der Waals surface area contributed by atoms with E-state index < -0.39 is 12.4 Å². The molecule has 1 fully saturated rings. The second-order valence-corrected chi connectivity index (χ2v) is 1.66. The highest BCUT2D eigenvalue weighted by molar-refractivity contribution is 4.58. The van der Waals surface area contributed by atoms with Crippen molar-refractivity contribution < 1.29 is 20.0 Å². The minimum absolute atomic E-state index is 0.345. The van der Waals surface area contributed by atoms with Crippen molar-refractivity contribution in [1.29, 1.82) is 0 Å². The first kappa shape index (κ1) is 5.97. The molecule has 1 aliphatic heterocycles. The highest BCUT2D eigenvalue weighted by atomic mass is 17.2. The Morgan fingerprint density at radius 1 is 1.38 bits per heavy atom. The lowest BCUT2D eigenvalue weighted by molar-refractivity contribution is -0.410. The second-order valence-electron chi connectivity index (χ2n) is 1.66. The van der Waals surface area contributed by atoms with Crippen LogP contribution < -0.4 is 0 Å². The zero-order valence-corrected chi connectivity index (χ0v) is 4.28. The third kappa shape index (κ3) is 1.16. The summed E-state index contributed by atoms with van der Waals surface area (Å²) >= 11 is 0. The largest absolute Gasteiger partial charge is 0.388 e. The summed E-state index contributed by atoms with van der Waals surface area (Å²) in [7, 11) is 0. The van der Waals surface area contributed by atoms with Crippen LogP contribution in [0.25, 0.3) is 0 Å². The van der Waals surface area contributed by atoms with Gasteiger partial charge < -0.3 is 10.2 Å². The van der Waals surface area contributed by atoms with Gasteiger partial charge in [0.1, 0.15) is 6.10 Å². The summed E-state index contributed by atoms with van der Waals surface area (Å²) in [6.45, 7) is 0.345. The van der Waals surface area contributed by atoms with E-state index in [-0.39, 0.29) is 0 Å². The van der Waals surface area contributed by atoms with Gasteiger partial charge in [-0.05, 0) is 0 Å². The second kappa shape index (κ2) is 2.41. The molecule has 4 nitrogen and oxygen atoms in total. The topological polar surface area (TPSA) is 58.9 Å². The van der Waals surface area contributed by atoms with Gasteiger partial charge in [-0.25, -0.2) is 9.78 Å². The van der Waals surface area contributed by atoms with Crippen molar-refractivity contribution in [3.8, 4) is 0 Å². The molecule has 1 heterocycles. The molecule has 0 aromatic carbocycles. The van der Waals surface area contributed by atoms with Gasteiger partial charge in [0.2, 0.25) is 6.29 Å². The summed E-state index contributed by atoms with van der Waals surface area (Å²) in [5.74, 6) is 0. The fraction of sp³-hybridized carbons (Fsp3) is 1.00. The van der Waals surface area contributed by atoms with Crippen molar-refractivity contribution in [3.63, 3.8) is 0 Å². The number of hydrogen-bond donors (Lipinski definition) is 2. The average Bonchev–Trinajstić information content (AvgIpc) is 1.77. The molecule has 1 rings (SSSR count). The fourth-order valence-electron chi connectivity index (χ4n) is 0.493. The highest BCUT2D eigenvalue weighted by Gasteiger charge is 2.21. The third-order valence-electron chi connectivity index (χ3n) is 0.993. The van der Waals surface area contributed by atoms with Gasteiger partial charge in [0.05, 0.1) is 6.61 Å². The molecular formula is C4H8O4. The molecule has 0 amide bonds. The van der Waals surface area contributed by atoms with Crippen molar-refractivity contribution >= 4 is 0 Å². The average molecular weight is 120 g/mol. The summed E-state index contributed by atoms with van der Waals surface area (Å²) in [5, 5.41) is 17.3. The van der Waals surface area contributed by atoms with Crippen molar-refractivity contribution in [1.82, 2.24) is 0 Å². The van der Waals surface area contributed by atoms with Gasteiger partial charge in [0, 0.05) is 6.42 Å². The zero-order chi connectivity index (χ0) is 5.98. The molecule has 2 unspecified atom stereocenters. The van der Waals surface area contributed by atoms with Crippen LogP contribution in [0.3, 0.4) is 0 Å². The number of aliphatic hydroxyl groups is 2. The first-order chi connectivity index (χ1) is 3.80. The standard InChI is InChI=1S/C4H8O4/c5-3-1-2-7-8-4(3)6/h3-6H,1-2H2. The minimum atomic E-state index is -1.16. The molecule has 0 saturated carbocycles. The van der Waals surface area contributed by atoms with Crippen molar-refractivity contribution in [3.05, 3.63) is 0 Å². The Balaban J connectivity index is 2.28. The van der Waals surface area contributed by atoms with Crippen LogP contribution in [-0.4, -0.2) is 29.2 Å². The van der Waals surface area contributed by atoms with Gasteiger partial charge in [0.15, 0.2) is 0 Å². The molecule has 2 N–H and O–H groups in total. The van der Waals surface area contributed by atoms with Crippen LogP contribution in [0.4, 0.5) is 0 Å². The van der Waals surface area contributed by atoms with Crippen molar-refractivity contribution in [2.24, 2.45) is 0 Å². The normalized spacial score (nSPS) is 39.8. The molecule has 1 saturated heterocycles. The molecule has 0 bridgehead atoms. The molecule has 8 heavy (non-hydrogen) atoms. The summed E-state index contributed by atoms with van der Waals surface area (Å²) in [6.07, 6.45) is -1.52. The van der Waals surface area contributed by atoms with Crippen LogP contribution in [0.15, 0.2) is 0 Å². The monoisotopic (exact) mass is 120 g/mol. The molecule has 0 aromatic heterocycles. The molecule has 0 aromatic rings. The van der Waals surface area contributed by atoms with Crippen molar-refractivity contribution in [2.45, 2.75) is 18.8 Å². The van der Waals surface area contributed by atoms with Crippen molar-refractivity contribution in [2.75, 3.05) is 6.61 Å². The van der Waals surface area contributed by atoms with Crippen LogP contribution in [0, 0.1) is 0 Å². The molecule has 4 heteroatoms. The lowest BCUT2D eigenvalue weighted by Gasteiger charge is -2.21. The van der Waals surface area contributed by atoms with Gasteiger partial charge in [0.25, 0.3) is 0 Å². The van der Waals surface area contributed by atoms with Crippen LogP contribution >= 0.6 is 0 Å². The minimum Gasteiger partial charge on any atom is -0.388 e. The van der Waals surface area contributed by atoms with E-state index in [9.17, 15) is 0 Å². The van der Waals surface area contributed by atoms with Crippen LogP contribution in [0.1, 0.15) is 6.42 Å². The van der Waals surface area contributed by atoms with Gasteiger partial charge in [-0.3, -0.25) is 0 Å². The first-order valence-electron chi connectivity index (χ1n) is 2.45. The predicted molar refractivity (Wildman–Crippen MR) is 23.7 cm³/mol. The van der Waals surface area contributed by atoms with E-state index in [4.69, 9.17) is 10.2 Å². The molecule has 0 radical (unpaired) electrons. The molecular weight excluding hydrogens is 112 g/mol. The maximum atomic E-state index is 8.72. The Hall–Kier alpha value is -0.160. The number of rotatable bonds is 0. The summed E-state index contributed by atoms with van der Waals surface area (Å²) in [5.41, 5.74) is 0. The van der Waals surface area contributed by atoms with Crippen LogP contribution in [0.5, 0.6) is 0 Å². The summed E-state index contributed by atoms with van der Waals surface area (Å²) < 4.78 is 0. The van der Waals surface area contributed by atoms with Crippen LogP contribution in [0.2, 0.25) is 0 Å². The van der Waals surface area contributed by atoms with E-state index in [1.54, 1.807) is 0 Å². The highest BCUT2D eigenvalue weighted by Crippen LogP contribution is 2.07. The summed E-state index contributed by atoms with van der Waals surface area (Å²) in [6, 6.07) is 0. The Labute approximate surface area is 46.6 Å². The predicted octanol–water partition coefficient (Wildman–Crippen LogP) is -0.982. The number of aliphatic hydroxyl groups excluding tert-OH is 2. The van der Waals surface area contributed by atoms with E-state index in [0.717, 1.165) is 0 Å². The summed E-state index contributed by atoms with van der Waals surface area (Å²) in [4.78, 5) is 8.54. The SMILES string of the molecule is OC1CCOOC1O. The van der Waals surface area contributed by atoms with Gasteiger partial charge >= 0.3 is 0 Å². The Kier molecular flexibility index (Phi) is 1.80. The molecule has 2 atom stereocenters. The fourth-order valence-corrected chi connectivity index (χ4v) is 0.493. The van der Waals surface area contributed by atoms with E-state index in [0.29, 0.717) is 13.0 Å². The van der Waals surface area contributed by atoms with E-state index >= 15 is 0 Å². The van der Waals surface area contributed by atoms with Gasteiger partial charge in [-0.15, -0.1) is 0 Å². The Morgan fingerprint density at radius 3 is 2.50 bits per heavy atom. The third-order valence-corrected chi connectivity index (χ3v) is 0.993. The smallest absolute Gasteiger partial charge is 0.215 e. The molecule has 0 spiro atoms. The van der Waals surface area contributed by atoms with Gasteiger partial charge in [-0.2, -0.15) is 0 Å². The van der Waals surface area contributed by atoms with Gasteiger partial charge in [-0.1, -0.05) is 0 Å². The van der Waals surface area contributed by atoms with E-state index in [1.807, 2.05) is 0 Å². The lowest BCUT2D eigenvalue weighted by Crippen LogP contribution is -2.34. The Bertz CT molecular complexity index is 64.4. The Morgan fingerprint density at radius 2 is 2.12 bits per heavy atom. The maximum Gasteiger partial charge on any atom is 0.215 e. The maximum absolute atomic E-state index is 8.72. The lowest BCUT2D eigenvalue weighted by atomic mass is 10.2. The quantitative estimate of drug-likeness (QED) is 0.403. The molecule has 48 valence electrons. The molecule has 0 aliphatic carbocycles. The van der Waals surface area contributed by atoms with E-state index in [2.05, 4.69) is 9.78 Å². The molecule has 1 aliphatic rings. The van der Waals surface area contributed by atoms with E-state index in [1.165, 1.54) is 0 Å². The number of hydrogen-bond acceptors (Lipinski definition) is 4. The first-order valence-corrected chi connectivity index (χ1v) is 2.45.